The van der Waals surface area contributed by atoms with Gasteiger partial charge in [0.05, 0.1) is 23.3 Å². The second-order valence-electron chi connectivity index (χ2n) is 4.45. The second kappa shape index (κ2) is 6.41. The van der Waals surface area contributed by atoms with Crippen molar-refractivity contribution in [2.75, 3.05) is 13.6 Å². The van der Waals surface area contributed by atoms with Crippen molar-refractivity contribution in [3.05, 3.63) is 33.8 Å². The normalized spacial score (nSPS) is 11.4. The molecule has 8 heteroatoms. The van der Waals surface area contributed by atoms with Crippen LogP contribution in [0.3, 0.4) is 0 Å². The van der Waals surface area contributed by atoms with Crippen LogP contribution in [0.15, 0.2) is 22.5 Å². The first-order valence-corrected chi connectivity index (χ1v) is 8.49. The van der Waals surface area contributed by atoms with Crippen molar-refractivity contribution in [1.82, 2.24) is 14.5 Å². The number of hydrogen-bond donors (Lipinski definition) is 2. The number of aromatic amines is 1. The Hall–Kier alpha value is -1.66. The number of aryl methyl sites for hydroxylation is 1. The molecular formula is C13H16N4O2S2. The number of aromatic nitrogens is 2. The lowest BCUT2D eigenvalue weighted by molar-refractivity contribution is 0.467. The summed E-state index contributed by atoms with van der Waals surface area (Å²) < 4.78 is 26.1. The zero-order valence-electron chi connectivity index (χ0n) is 11.8. The van der Waals surface area contributed by atoms with Crippen LogP contribution >= 0.6 is 11.3 Å². The molecule has 0 saturated heterocycles. The Morgan fingerprint density at radius 1 is 1.52 bits per heavy atom. The minimum absolute atomic E-state index is 0.198. The molecule has 0 unspecified atom stereocenters. The van der Waals surface area contributed by atoms with Gasteiger partial charge in [0.15, 0.2) is 0 Å². The summed E-state index contributed by atoms with van der Waals surface area (Å²) >= 11 is 1.47. The van der Waals surface area contributed by atoms with Gasteiger partial charge in [-0.3, -0.25) is 5.10 Å². The lowest BCUT2D eigenvalue weighted by Gasteiger charge is -2.15. The lowest BCUT2D eigenvalue weighted by atomic mass is 10.3. The molecule has 0 aliphatic heterocycles. The number of hydrogen-bond acceptors (Lipinski definition) is 5. The average molecular weight is 324 g/mol. The number of H-pyrrole nitrogens is 1. The van der Waals surface area contributed by atoms with E-state index in [1.807, 2.05) is 11.4 Å². The Labute approximate surface area is 128 Å². The van der Waals surface area contributed by atoms with Crippen molar-refractivity contribution in [2.45, 2.75) is 18.4 Å². The summed E-state index contributed by atoms with van der Waals surface area (Å²) in [5.74, 6) is 5.71. The van der Waals surface area contributed by atoms with Gasteiger partial charge >= 0.3 is 0 Å². The van der Waals surface area contributed by atoms with Crippen LogP contribution in [0.1, 0.15) is 16.1 Å². The minimum atomic E-state index is -3.54. The van der Waals surface area contributed by atoms with E-state index in [9.17, 15) is 8.42 Å². The predicted octanol–water partition coefficient (Wildman–Crippen LogP) is 0.911. The highest BCUT2D eigenvalue weighted by atomic mass is 32.2. The fourth-order valence-corrected chi connectivity index (χ4v) is 3.82. The van der Waals surface area contributed by atoms with Gasteiger partial charge in [0.1, 0.15) is 4.90 Å². The van der Waals surface area contributed by atoms with Crippen LogP contribution in [0.4, 0.5) is 0 Å². The van der Waals surface area contributed by atoms with Gasteiger partial charge in [0.2, 0.25) is 10.0 Å². The molecule has 2 aromatic rings. The first-order valence-electron chi connectivity index (χ1n) is 6.18. The zero-order valence-corrected chi connectivity index (χ0v) is 13.4. The van der Waals surface area contributed by atoms with Crippen LogP contribution in [0.2, 0.25) is 0 Å². The summed E-state index contributed by atoms with van der Waals surface area (Å²) in [5.41, 5.74) is 6.75. The first kappa shape index (κ1) is 15.7. The highest BCUT2D eigenvalue weighted by Crippen LogP contribution is 2.20. The second-order valence-corrected chi connectivity index (χ2v) is 7.37. The number of nitrogens with two attached hydrogens (primary N) is 1. The maximum atomic E-state index is 12.4. The molecule has 0 saturated carbocycles. The predicted molar refractivity (Wildman–Crippen MR) is 82.2 cm³/mol. The molecule has 0 radical (unpaired) electrons. The molecule has 6 nitrogen and oxygen atoms in total. The zero-order chi connectivity index (χ0) is 15.5. The quantitative estimate of drug-likeness (QED) is 0.818. The molecule has 112 valence electrons. The molecule has 2 aromatic heterocycles. The SMILES string of the molecule is Cc1[nH]ncc1S(=O)(=O)N(C)Cc1csc(C#CCN)c1. The van der Waals surface area contributed by atoms with Gasteiger partial charge < -0.3 is 5.73 Å². The standard InChI is InChI=1S/C13H16N4O2S2/c1-10-13(7-15-16-10)21(18,19)17(2)8-11-6-12(20-9-11)4-3-5-14/h6-7,9H,5,8,14H2,1-2H3,(H,15,16). The number of rotatable bonds is 4. The largest absolute Gasteiger partial charge is 0.320 e. The van der Waals surface area contributed by atoms with Crippen LogP contribution in [0, 0.1) is 18.8 Å². The minimum Gasteiger partial charge on any atom is -0.320 e. The maximum absolute atomic E-state index is 12.4. The van der Waals surface area contributed by atoms with Crippen LogP contribution in [0.5, 0.6) is 0 Å². The van der Waals surface area contributed by atoms with Gasteiger partial charge in [0, 0.05) is 13.6 Å². The lowest BCUT2D eigenvalue weighted by Crippen LogP contribution is -2.26. The van der Waals surface area contributed by atoms with Crippen LogP contribution in [-0.2, 0) is 16.6 Å². The van der Waals surface area contributed by atoms with Crippen molar-refractivity contribution in [3.63, 3.8) is 0 Å². The Kier molecular flexibility index (Phi) is 4.80. The third kappa shape index (κ3) is 3.51. The molecule has 0 bridgehead atoms. The average Bonchev–Trinajstić information content (AvgIpc) is 3.05. The fourth-order valence-electron chi connectivity index (χ4n) is 1.77. The molecular weight excluding hydrogens is 308 g/mol. The van der Waals surface area contributed by atoms with E-state index in [1.54, 1.807) is 14.0 Å². The number of nitrogens with zero attached hydrogens (tertiary/aromatic N) is 2. The van der Waals surface area contributed by atoms with Crippen molar-refractivity contribution in [3.8, 4) is 11.8 Å². The van der Waals surface area contributed by atoms with Gasteiger partial charge in [-0.2, -0.15) is 9.40 Å². The number of sulfonamides is 1. The highest BCUT2D eigenvalue weighted by molar-refractivity contribution is 7.89. The van der Waals surface area contributed by atoms with E-state index in [0.717, 1.165) is 10.4 Å². The Morgan fingerprint density at radius 2 is 2.29 bits per heavy atom. The van der Waals surface area contributed by atoms with Gasteiger partial charge in [-0.25, -0.2) is 8.42 Å². The van der Waals surface area contributed by atoms with E-state index < -0.39 is 10.0 Å². The molecule has 21 heavy (non-hydrogen) atoms. The molecule has 0 aliphatic carbocycles. The molecule has 2 rings (SSSR count). The van der Waals surface area contributed by atoms with Gasteiger partial charge in [0.25, 0.3) is 0 Å². The Bertz CT molecular complexity index is 780. The van der Waals surface area contributed by atoms with Crippen molar-refractivity contribution >= 4 is 21.4 Å². The van der Waals surface area contributed by atoms with E-state index in [-0.39, 0.29) is 11.4 Å². The smallest absolute Gasteiger partial charge is 0.246 e. The molecule has 2 heterocycles. The van der Waals surface area contributed by atoms with Gasteiger partial charge in [-0.15, -0.1) is 11.3 Å². The van der Waals surface area contributed by atoms with Gasteiger partial charge in [-0.1, -0.05) is 11.8 Å². The first-order chi connectivity index (χ1) is 9.95. The summed E-state index contributed by atoms with van der Waals surface area (Å²) in [6.07, 6.45) is 1.33. The van der Waals surface area contributed by atoms with Crippen LogP contribution < -0.4 is 5.73 Å². The van der Waals surface area contributed by atoms with E-state index >= 15 is 0 Å². The molecule has 3 N–H and O–H groups in total. The third-order valence-corrected chi connectivity index (χ3v) is 5.66. The highest BCUT2D eigenvalue weighted by Gasteiger charge is 2.24. The van der Waals surface area contributed by atoms with Crippen molar-refractivity contribution < 1.29 is 8.42 Å². The molecule has 0 amide bonds. The van der Waals surface area contributed by atoms with Gasteiger partial charge in [-0.05, 0) is 23.9 Å². The Balaban J connectivity index is 2.16. The topological polar surface area (TPSA) is 92.1 Å². The molecule has 0 spiro atoms. The molecule has 0 aromatic carbocycles. The van der Waals surface area contributed by atoms with E-state index in [0.29, 0.717) is 12.2 Å². The number of nitrogens with one attached hydrogen (secondary N) is 1. The van der Waals surface area contributed by atoms with Crippen LogP contribution in [-0.4, -0.2) is 36.5 Å². The monoisotopic (exact) mass is 324 g/mol. The van der Waals surface area contributed by atoms with E-state index in [2.05, 4.69) is 22.0 Å². The fraction of sp³-hybridized carbons (Fsp3) is 0.308. The summed E-state index contributed by atoms with van der Waals surface area (Å²) in [7, 11) is -2.00. The summed E-state index contributed by atoms with van der Waals surface area (Å²) in [4.78, 5) is 1.07. The van der Waals surface area contributed by atoms with Crippen molar-refractivity contribution in [1.29, 1.82) is 0 Å². The Morgan fingerprint density at radius 3 is 2.90 bits per heavy atom. The molecule has 0 aliphatic rings. The van der Waals surface area contributed by atoms with E-state index in [1.165, 1.54) is 21.8 Å². The molecule has 0 fully saturated rings. The third-order valence-electron chi connectivity index (χ3n) is 2.84. The summed E-state index contributed by atoms with van der Waals surface area (Å²) in [5, 5.41) is 8.29. The summed E-state index contributed by atoms with van der Waals surface area (Å²) in [6, 6.07) is 1.88. The van der Waals surface area contributed by atoms with E-state index in [4.69, 9.17) is 5.73 Å². The van der Waals surface area contributed by atoms with Crippen LogP contribution in [0.25, 0.3) is 0 Å². The number of thiophene rings is 1. The molecule has 0 atom stereocenters. The summed E-state index contributed by atoms with van der Waals surface area (Å²) in [6.45, 7) is 2.27. The van der Waals surface area contributed by atoms with Crippen molar-refractivity contribution in [2.24, 2.45) is 5.73 Å². The maximum Gasteiger partial charge on any atom is 0.246 e.